The molecule has 1 aliphatic heterocycles. The quantitative estimate of drug-likeness (QED) is 0.797. The Morgan fingerprint density at radius 1 is 0.963 bits per heavy atom. The third-order valence-corrected chi connectivity index (χ3v) is 7.77. The molecule has 0 unspecified atom stereocenters. The summed E-state index contributed by atoms with van der Waals surface area (Å²) in [6.45, 7) is 3.92. The Balaban J connectivity index is 1.16. The molecule has 0 spiro atoms. The number of benzene rings is 1. The Morgan fingerprint density at radius 2 is 1.56 bits per heavy atom. The van der Waals surface area contributed by atoms with Crippen molar-refractivity contribution in [2.75, 3.05) is 26.2 Å². The van der Waals surface area contributed by atoms with Gasteiger partial charge in [0, 0.05) is 44.7 Å². The van der Waals surface area contributed by atoms with Crippen molar-refractivity contribution < 1.29 is 9.18 Å². The van der Waals surface area contributed by atoms with E-state index >= 15 is 0 Å². The van der Waals surface area contributed by atoms with Crippen LogP contribution in [-0.2, 0) is 11.3 Å². The molecular weight excluding hydrogens is 339 g/mol. The van der Waals surface area contributed by atoms with Crippen LogP contribution in [0.15, 0.2) is 24.3 Å². The second-order valence-corrected chi connectivity index (χ2v) is 9.84. The van der Waals surface area contributed by atoms with Crippen molar-refractivity contribution in [1.82, 2.24) is 9.80 Å². The van der Waals surface area contributed by atoms with E-state index < -0.39 is 0 Å². The van der Waals surface area contributed by atoms with Crippen LogP contribution in [0.3, 0.4) is 0 Å². The second-order valence-electron chi connectivity index (χ2n) is 9.84. The van der Waals surface area contributed by atoms with Gasteiger partial charge in [-0.05, 0) is 67.8 Å². The molecule has 3 nitrogen and oxygen atoms in total. The fourth-order valence-electron chi connectivity index (χ4n) is 6.96. The molecular formula is C23H31FN2O. The highest BCUT2D eigenvalue weighted by atomic mass is 19.1. The second kappa shape index (κ2) is 6.88. The topological polar surface area (TPSA) is 23.6 Å². The molecule has 0 N–H and O–H groups in total. The molecule has 6 rings (SSSR count). The number of halogens is 1. The number of piperazine rings is 1. The normalized spacial score (nSPS) is 35.6. The standard InChI is InChI=1S/C23H31FN2O/c24-21-4-2-1-3-20(21)16-25-5-7-26(8-6-25)22(27)15-23-12-17-9-18(13-23)11-19(10-17)14-23/h1-4,17-19H,5-16H2. The lowest BCUT2D eigenvalue weighted by Gasteiger charge is -2.57. The third-order valence-electron chi connectivity index (χ3n) is 7.77. The summed E-state index contributed by atoms with van der Waals surface area (Å²) in [6.07, 6.45) is 8.99. The smallest absolute Gasteiger partial charge is 0.223 e. The Labute approximate surface area is 161 Å². The minimum Gasteiger partial charge on any atom is -0.340 e. The minimum atomic E-state index is -0.127. The van der Waals surface area contributed by atoms with E-state index in [1.807, 2.05) is 12.1 Å². The fourth-order valence-corrected chi connectivity index (χ4v) is 6.96. The van der Waals surface area contributed by atoms with Gasteiger partial charge in [-0.1, -0.05) is 18.2 Å². The van der Waals surface area contributed by atoms with E-state index in [0.29, 0.717) is 17.9 Å². The van der Waals surface area contributed by atoms with Gasteiger partial charge in [0.1, 0.15) is 5.82 Å². The van der Waals surface area contributed by atoms with Crippen molar-refractivity contribution in [3.05, 3.63) is 35.6 Å². The van der Waals surface area contributed by atoms with Crippen LogP contribution >= 0.6 is 0 Å². The number of hydrogen-bond donors (Lipinski definition) is 0. The molecule has 5 aliphatic rings. The third kappa shape index (κ3) is 3.53. The van der Waals surface area contributed by atoms with E-state index in [0.717, 1.165) is 55.9 Å². The van der Waals surface area contributed by atoms with Crippen LogP contribution in [-0.4, -0.2) is 41.9 Å². The Hall–Kier alpha value is -1.42. The number of nitrogens with zero attached hydrogens (tertiary/aromatic N) is 2. The summed E-state index contributed by atoms with van der Waals surface area (Å²) in [6, 6.07) is 7.02. The van der Waals surface area contributed by atoms with Crippen LogP contribution in [0, 0.1) is 29.0 Å². The molecule has 4 bridgehead atoms. The lowest BCUT2D eigenvalue weighted by atomic mass is 9.49. The molecule has 1 heterocycles. The summed E-state index contributed by atoms with van der Waals surface area (Å²) in [5.41, 5.74) is 1.08. The van der Waals surface area contributed by atoms with Crippen LogP contribution in [0.2, 0.25) is 0 Å². The molecule has 4 saturated carbocycles. The average Bonchev–Trinajstić information content (AvgIpc) is 2.63. The molecule has 5 fully saturated rings. The molecule has 1 saturated heterocycles. The first kappa shape index (κ1) is 17.7. The first-order chi connectivity index (χ1) is 13.1. The van der Waals surface area contributed by atoms with Crippen molar-refractivity contribution in [3.63, 3.8) is 0 Å². The van der Waals surface area contributed by atoms with Crippen LogP contribution in [0.4, 0.5) is 4.39 Å². The summed E-state index contributed by atoms with van der Waals surface area (Å²) in [4.78, 5) is 17.4. The van der Waals surface area contributed by atoms with Crippen molar-refractivity contribution >= 4 is 5.91 Å². The molecule has 4 heteroatoms. The van der Waals surface area contributed by atoms with E-state index in [1.54, 1.807) is 6.07 Å². The predicted octanol–water partition coefficient (Wildman–Crippen LogP) is 4.08. The fraction of sp³-hybridized carbons (Fsp3) is 0.696. The summed E-state index contributed by atoms with van der Waals surface area (Å²) in [5.74, 6) is 2.96. The van der Waals surface area contributed by atoms with Gasteiger partial charge in [-0.15, -0.1) is 0 Å². The molecule has 27 heavy (non-hydrogen) atoms. The van der Waals surface area contributed by atoms with Gasteiger partial charge >= 0.3 is 0 Å². The number of rotatable bonds is 4. The lowest BCUT2D eigenvalue weighted by molar-refractivity contribution is -0.141. The van der Waals surface area contributed by atoms with Crippen molar-refractivity contribution in [3.8, 4) is 0 Å². The van der Waals surface area contributed by atoms with Gasteiger partial charge in [0.25, 0.3) is 0 Å². The molecule has 0 radical (unpaired) electrons. The Kier molecular flexibility index (Phi) is 4.50. The van der Waals surface area contributed by atoms with Crippen molar-refractivity contribution in [2.45, 2.75) is 51.5 Å². The summed E-state index contributed by atoms with van der Waals surface area (Å²) >= 11 is 0. The zero-order chi connectivity index (χ0) is 18.4. The van der Waals surface area contributed by atoms with E-state index in [4.69, 9.17) is 0 Å². The molecule has 146 valence electrons. The van der Waals surface area contributed by atoms with Gasteiger partial charge in [-0.3, -0.25) is 9.69 Å². The SMILES string of the molecule is O=C(CC12CC3CC(CC(C3)C1)C2)N1CCN(Cc2ccccc2F)CC1. The first-order valence-corrected chi connectivity index (χ1v) is 10.8. The highest BCUT2D eigenvalue weighted by Gasteiger charge is 2.51. The van der Waals surface area contributed by atoms with Crippen molar-refractivity contribution in [1.29, 1.82) is 0 Å². The van der Waals surface area contributed by atoms with E-state index in [2.05, 4.69) is 9.80 Å². The average molecular weight is 371 g/mol. The molecule has 1 aromatic carbocycles. The Morgan fingerprint density at radius 3 is 2.15 bits per heavy atom. The molecule has 0 atom stereocenters. The maximum atomic E-state index is 13.9. The largest absolute Gasteiger partial charge is 0.340 e. The van der Waals surface area contributed by atoms with Gasteiger partial charge in [-0.25, -0.2) is 4.39 Å². The number of carbonyl (C=O) groups excluding carboxylic acids is 1. The zero-order valence-corrected chi connectivity index (χ0v) is 16.2. The highest BCUT2D eigenvalue weighted by Crippen LogP contribution is 2.61. The lowest BCUT2D eigenvalue weighted by Crippen LogP contribution is -2.52. The maximum absolute atomic E-state index is 13.9. The van der Waals surface area contributed by atoms with Crippen LogP contribution in [0.1, 0.15) is 50.5 Å². The summed E-state index contributed by atoms with van der Waals surface area (Å²) in [7, 11) is 0. The number of carbonyl (C=O) groups is 1. The highest BCUT2D eigenvalue weighted by molar-refractivity contribution is 5.77. The van der Waals surface area contributed by atoms with Gasteiger partial charge in [0.2, 0.25) is 5.91 Å². The van der Waals surface area contributed by atoms with E-state index in [1.165, 1.54) is 44.6 Å². The molecule has 1 amide bonds. The van der Waals surface area contributed by atoms with Gasteiger partial charge in [0.15, 0.2) is 0 Å². The van der Waals surface area contributed by atoms with Gasteiger partial charge < -0.3 is 4.90 Å². The maximum Gasteiger partial charge on any atom is 0.223 e. The van der Waals surface area contributed by atoms with E-state index in [9.17, 15) is 9.18 Å². The summed E-state index contributed by atoms with van der Waals surface area (Å²) < 4.78 is 13.9. The molecule has 1 aromatic rings. The van der Waals surface area contributed by atoms with Crippen molar-refractivity contribution in [2.24, 2.45) is 23.2 Å². The van der Waals surface area contributed by atoms with Crippen LogP contribution in [0.5, 0.6) is 0 Å². The molecule has 4 aliphatic carbocycles. The Bertz CT molecular complexity index is 675. The van der Waals surface area contributed by atoms with Crippen LogP contribution in [0.25, 0.3) is 0 Å². The minimum absolute atomic E-state index is 0.127. The van der Waals surface area contributed by atoms with Crippen LogP contribution < -0.4 is 0 Å². The van der Waals surface area contributed by atoms with E-state index in [-0.39, 0.29) is 5.82 Å². The molecule has 0 aromatic heterocycles. The zero-order valence-electron chi connectivity index (χ0n) is 16.2. The predicted molar refractivity (Wildman–Crippen MR) is 103 cm³/mol. The number of amides is 1. The number of hydrogen-bond acceptors (Lipinski definition) is 2. The monoisotopic (exact) mass is 370 g/mol. The van der Waals surface area contributed by atoms with Gasteiger partial charge in [0.05, 0.1) is 0 Å². The van der Waals surface area contributed by atoms with Gasteiger partial charge in [-0.2, -0.15) is 0 Å². The first-order valence-electron chi connectivity index (χ1n) is 10.8. The summed E-state index contributed by atoms with van der Waals surface area (Å²) in [5, 5.41) is 0.